The minimum atomic E-state index is -0.290. The molecule has 0 saturated heterocycles. The molecule has 2 heterocycles. The van der Waals surface area contributed by atoms with E-state index in [-0.39, 0.29) is 29.3 Å². The third-order valence-corrected chi connectivity index (χ3v) is 6.85. The number of pyridine rings is 1. The zero-order valence-electron chi connectivity index (χ0n) is 18.0. The van der Waals surface area contributed by atoms with Crippen molar-refractivity contribution >= 4 is 0 Å². The Balaban J connectivity index is 1.73. The summed E-state index contributed by atoms with van der Waals surface area (Å²) < 4.78 is 13.6. The molecule has 5 rings (SSSR count). The molecule has 0 saturated carbocycles. The van der Waals surface area contributed by atoms with Gasteiger partial charge in [-0.2, -0.15) is 5.26 Å². The van der Waals surface area contributed by atoms with Crippen molar-refractivity contribution in [1.29, 1.82) is 5.26 Å². The van der Waals surface area contributed by atoms with E-state index in [2.05, 4.69) is 11.1 Å². The monoisotopic (exact) mass is 426 g/mol. The molecular formula is C26H23FN4O. The number of hydrogen-bond acceptors (Lipinski definition) is 5. The molecule has 3 atom stereocenters. The highest BCUT2D eigenvalue weighted by Crippen LogP contribution is 2.50. The van der Waals surface area contributed by atoms with Crippen LogP contribution in [0.5, 0.6) is 0 Å². The molecule has 2 aliphatic carbocycles. The summed E-state index contributed by atoms with van der Waals surface area (Å²) in [6, 6.07) is 12.4. The third-order valence-electron chi connectivity index (χ3n) is 6.85. The van der Waals surface area contributed by atoms with Crippen LogP contribution >= 0.6 is 0 Å². The number of halogens is 1. The number of aliphatic hydroxyl groups excluding tert-OH is 1. The van der Waals surface area contributed by atoms with Crippen molar-refractivity contribution in [2.75, 3.05) is 0 Å². The van der Waals surface area contributed by atoms with E-state index in [1.54, 1.807) is 18.3 Å². The minimum Gasteiger partial charge on any atom is -0.511 e. The number of aryl methyl sites for hydroxylation is 1. The Morgan fingerprint density at radius 2 is 1.91 bits per heavy atom. The standard InChI is InChI=1S/C26H23FN4O/c1-14-11-17(9-10-29-14)26-30-23(16-3-5-19(27)6-4-16)21-8-7-20-15(2)25(32)18(13-28)12-22(20)24(21)31-26/h3-6,9-11,15,20,22,32H,7-8,12H2,1-2H3. The lowest BCUT2D eigenvalue weighted by Gasteiger charge is -2.40. The highest BCUT2D eigenvalue weighted by Gasteiger charge is 2.42. The predicted molar refractivity (Wildman–Crippen MR) is 119 cm³/mol. The molecule has 1 aromatic carbocycles. The van der Waals surface area contributed by atoms with Gasteiger partial charge in [-0.1, -0.05) is 6.92 Å². The van der Waals surface area contributed by atoms with Crippen LogP contribution in [0.15, 0.2) is 53.9 Å². The van der Waals surface area contributed by atoms with E-state index >= 15 is 0 Å². The fourth-order valence-electron chi connectivity index (χ4n) is 5.18. The van der Waals surface area contributed by atoms with Gasteiger partial charge in [0.15, 0.2) is 5.82 Å². The van der Waals surface area contributed by atoms with Gasteiger partial charge in [0.1, 0.15) is 11.6 Å². The number of benzene rings is 1. The number of fused-ring (bicyclic) bond motifs is 3. The summed E-state index contributed by atoms with van der Waals surface area (Å²) in [7, 11) is 0. The van der Waals surface area contributed by atoms with E-state index in [0.29, 0.717) is 17.8 Å². The van der Waals surface area contributed by atoms with E-state index in [4.69, 9.17) is 9.97 Å². The smallest absolute Gasteiger partial charge is 0.160 e. The second kappa shape index (κ2) is 7.83. The number of aliphatic hydroxyl groups is 1. The van der Waals surface area contributed by atoms with E-state index in [0.717, 1.165) is 46.6 Å². The van der Waals surface area contributed by atoms with Crippen LogP contribution in [0.1, 0.15) is 42.6 Å². The summed E-state index contributed by atoms with van der Waals surface area (Å²) in [5.41, 5.74) is 5.82. The Bertz CT molecular complexity index is 1280. The van der Waals surface area contributed by atoms with Crippen LogP contribution in [0.25, 0.3) is 22.6 Å². The van der Waals surface area contributed by atoms with Crippen molar-refractivity contribution in [3.63, 3.8) is 0 Å². The quantitative estimate of drug-likeness (QED) is 0.570. The van der Waals surface area contributed by atoms with Crippen LogP contribution in [-0.2, 0) is 6.42 Å². The lowest BCUT2D eigenvalue weighted by molar-refractivity contribution is 0.198. The first-order valence-corrected chi connectivity index (χ1v) is 10.9. The topological polar surface area (TPSA) is 82.7 Å². The van der Waals surface area contributed by atoms with Gasteiger partial charge >= 0.3 is 0 Å². The summed E-state index contributed by atoms with van der Waals surface area (Å²) >= 11 is 0. The van der Waals surface area contributed by atoms with E-state index in [1.165, 1.54) is 12.1 Å². The maximum Gasteiger partial charge on any atom is 0.160 e. The summed E-state index contributed by atoms with van der Waals surface area (Å²) in [5.74, 6) is 0.675. The van der Waals surface area contributed by atoms with E-state index in [9.17, 15) is 14.8 Å². The van der Waals surface area contributed by atoms with Gasteiger partial charge in [-0.25, -0.2) is 14.4 Å². The van der Waals surface area contributed by atoms with Crippen LogP contribution in [0, 0.1) is 35.9 Å². The molecule has 2 aliphatic rings. The number of rotatable bonds is 2. The zero-order chi connectivity index (χ0) is 22.4. The van der Waals surface area contributed by atoms with Crippen molar-refractivity contribution in [2.24, 2.45) is 11.8 Å². The van der Waals surface area contributed by atoms with Gasteiger partial charge in [0.2, 0.25) is 0 Å². The number of nitrogens with zero attached hydrogens (tertiary/aromatic N) is 4. The lowest BCUT2D eigenvalue weighted by atomic mass is 9.65. The molecular weight excluding hydrogens is 403 g/mol. The third kappa shape index (κ3) is 3.34. The van der Waals surface area contributed by atoms with Crippen LogP contribution < -0.4 is 0 Å². The maximum absolute atomic E-state index is 13.6. The van der Waals surface area contributed by atoms with Gasteiger partial charge in [0, 0.05) is 40.4 Å². The molecule has 3 aromatic rings. The fourth-order valence-corrected chi connectivity index (χ4v) is 5.18. The fraction of sp³-hybridized carbons (Fsp3) is 0.308. The Morgan fingerprint density at radius 1 is 1.12 bits per heavy atom. The Labute approximate surface area is 186 Å². The Hall–Kier alpha value is -3.59. The summed E-state index contributed by atoms with van der Waals surface area (Å²) in [4.78, 5) is 14.2. The van der Waals surface area contributed by atoms with Gasteiger partial charge in [0.05, 0.1) is 23.0 Å². The highest BCUT2D eigenvalue weighted by molar-refractivity contribution is 5.69. The van der Waals surface area contributed by atoms with Crippen molar-refractivity contribution in [2.45, 2.75) is 39.0 Å². The molecule has 0 fully saturated rings. The second-order valence-electron chi connectivity index (χ2n) is 8.73. The SMILES string of the molecule is Cc1cc(-c2nc(-c3ccc(F)cc3)c3c(n2)C2CC(C#N)=C(O)C(C)C2CC3)ccn1. The van der Waals surface area contributed by atoms with Crippen LogP contribution in [0.3, 0.4) is 0 Å². The molecule has 3 unspecified atom stereocenters. The summed E-state index contributed by atoms with van der Waals surface area (Å²) in [5, 5.41) is 20.1. The van der Waals surface area contributed by atoms with E-state index in [1.807, 2.05) is 26.0 Å². The molecule has 2 aromatic heterocycles. The maximum atomic E-state index is 13.6. The van der Waals surface area contributed by atoms with Crippen molar-refractivity contribution in [1.82, 2.24) is 15.0 Å². The van der Waals surface area contributed by atoms with Gasteiger partial charge in [-0.05, 0) is 68.5 Å². The van der Waals surface area contributed by atoms with Crippen molar-refractivity contribution < 1.29 is 9.50 Å². The first-order chi connectivity index (χ1) is 15.5. The molecule has 0 bridgehead atoms. The van der Waals surface area contributed by atoms with E-state index < -0.39 is 0 Å². The lowest BCUT2D eigenvalue weighted by Crippen LogP contribution is -2.33. The number of hydrogen-bond donors (Lipinski definition) is 1. The summed E-state index contributed by atoms with van der Waals surface area (Å²) in [6.45, 7) is 3.91. The summed E-state index contributed by atoms with van der Waals surface area (Å²) in [6.07, 6.45) is 3.87. The number of nitriles is 1. The van der Waals surface area contributed by atoms with Crippen molar-refractivity contribution in [3.05, 3.63) is 76.7 Å². The largest absolute Gasteiger partial charge is 0.511 e. The number of allylic oxidation sites excluding steroid dienone is 2. The normalized spacial score (nSPS) is 22.1. The van der Waals surface area contributed by atoms with Gasteiger partial charge < -0.3 is 5.11 Å². The van der Waals surface area contributed by atoms with Gasteiger partial charge in [-0.15, -0.1) is 0 Å². The molecule has 160 valence electrons. The molecule has 5 nitrogen and oxygen atoms in total. The average Bonchev–Trinajstić information content (AvgIpc) is 2.81. The number of aromatic nitrogens is 3. The Kier molecular flexibility index (Phi) is 4.97. The van der Waals surface area contributed by atoms with Crippen LogP contribution in [0.2, 0.25) is 0 Å². The molecule has 32 heavy (non-hydrogen) atoms. The zero-order valence-corrected chi connectivity index (χ0v) is 18.0. The first kappa shape index (κ1) is 20.3. The van der Waals surface area contributed by atoms with Crippen LogP contribution in [0.4, 0.5) is 4.39 Å². The Morgan fingerprint density at radius 3 is 2.62 bits per heavy atom. The average molecular weight is 426 g/mol. The molecule has 0 aliphatic heterocycles. The first-order valence-electron chi connectivity index (χ1n) is 10.9. The molecule has 0 spiro atoms. The molecule has 6 heteroatoms. The van der Waals surface area contributed by atoms with Crippen molar-refractivity contribution in [3.8, 4) is 28.7 Å². The molecule has 0 radical (unpaired) electrons. The molecule has 1 N–H and O–H groups in total. The van der Waals surface area contributed by atoms with Gasteiger partial charge in [-0.3, -0.25) is 4.98 Å². The minimum absolute atomic E-state index is 0.0307. The van der Waals surface area contributed by atoms with Crippen LogP contribution in [-0.4, -0.2) is 20.1 Å². The molecule has 0 amide bonds. The second-order valence-corrected chi connectivity index (χ2v) is 8.73. The highest BCUT2D eigenvalue weighted by atomic mass is 19.1. The van der Waals surface area contributed by atoms with Gasteiger partial charge in [0.25, 0.3) is 0 Å². The predicted octanol–water partition coefficient (Wildman–Crippen LogP) is 5.67.